The molecule has 1 fully saturated rings. The number of rotatable bonds is 4. The molecule has 4 heteroatoms. The second-order valence-corrected chi connectivity index (χ2v) is 4.86. The molecule has 2 unspecified atom stereocenters. The van der Waals surface area contributed by atoms with E-state index in [9.17, 15) is 0 Å². The van der Waals surface area contributed by atoms with Gasteiger partial charge in [0, 0.05) is 12.1 Å². The minimum atomic E-state index is 0.360. The van der Waals surface area contributed by atoms with Gasteiger partial charge in [-0.15, -0.1) is 0 Å². The molecule has 2 rings (SSSR count). The average molecular weight is 250 g/mol. The van der Waals surface area contributed by atoms with Crippen LogP contribution in [0.25, 0.3) is 0 Å². The van der Waals surface area contributed by atoms with Crippen molar-refractivity contribution >= 4 is 0 Å². The summed E-state index contributed by atoms with van der Waals surface area (Å²) in [6.45, 7) is 1.81. The smallest absolute Gasteiger partial charge is 0.122 e. The van der Waals surface area contributed by atoms with Gasteiger partial charge in [-0.2, -0.15) is 0 Å². The lowest BCUT2D eigenvalue weighted by atomic mass is 9.93. The zero-order valence-corrected chi connectivity index (χ0v) is 11.3. The van der Waals surface area contributed by atoms with Gasteiger partial charge in [-0.3, -0.25) is 4.90 Å². The quantitative estimate of drug-likeness (QED) is 0.883. The summed E-state index contributed by atoms with van der Waals surface area (Å²) in [6, 6.07) is 6.42. The maximum absolute atomic E-state index is 5.88. The van der Waals surface area contributed by atoms with Gasteiger partial charge in [-0.25, -0.2) is 0 Å². The molecule has 0 radical (unpaired) electrons. The molecule has 2 atom stereocenters. The van der Waals surface area contributed by atoms with Crippen LogP contribution in [0, 0.1) is 5.92 Å². The van der Waals surface area contributed by atoms with E-state index in [-0.39, 0.29) is 0 Å². The van der Waals surface area contributed by atoms with Crippen LogP contribution in [0.5, 0.6) is 11.5 Å². The fourth-order valence-corrected chi connectivity index (χ4v) is 2.80. The fraction of sp³-hybridized carbons (Fsp3) is 0.571. The Labute approximate surface area is 109 Å². The lowest BCUT2D eigenvalue weighted by Crippen LogP contribution is -2.25. The number of ether oxygens (including phenoxy) is 2. The van der Waals surface area contributed by atoms with Crippen molar-refractivity contribution in [2.75, 3.05) is 34.4 Å². The van der Waals surface area contributed by atoms with Crippen LogP contribution in [-0.2, 0) is 0 Å². The Morgan fingerprint density at radius 2 is 1.83 bits per heavy atom. The number of nitrogens with zero attached hydrogens (tertiary/aromatic N) is 1. The molecule has 2 N–H and O–H groups in total. The molecule has 0 aliphatic carbocycles. The SMILES string of the molecule is COc1cc(OC)cc(C2C(CN)CCN2C)c1. The zero-order chi connectivity index (χ0) is 13.1. The predicted molar refractivity (Wildman–Crippen MR) is 72.1 cm³/mol. The summed E-state index contributed by atoms with van der Waals surface area (Å²) in [4.78, 5) is 2.35. The third-order valence-electron chi connectivity index (χ3n) is 3.79. The third-order valence-corrected chi connectivity index (χ3v) is 3.79. The van der Waals surface area contributed by atoms with E-state index in [1.54, 1.807) is 14.2 Å². The molecule has 1 aromatic carbocycles. The molecular weight excluding hydrogens is 228 g/mol. The van der Waals surface area contributed by atoms with Crippen molar-refractivity contribution in [1.29, 1.82) is 0 Å². The molecule has 1 heterocycles. The summed E-state index contributed by atoms with van der Waals surface area (Å²) in [5.41, 5.74) is 7.10. The normalized spacial score (nSPS) is 24.2. The van der Waals surface area contributed by atoms with Crippen LogP contribution >= 0.6 is 0 Å². The second-order valence-electron chi connectivity index (χ2n) is 4.86. The summed E-state index contributed by atoms with van der Waals surface area (Å²) in [5, 5.41) is 0. The van der Waals surface area contributed by atoms with Crippen LogP contribution in [0.1, 0.15) is 18.0 Å². The molecule has 1 saturated heterocycles. The van der Waals surface area contributed by atoms with Crippen LogP contribution in [0.4, 0.5) is 0 Å². The maximum atomic E-state index is 5.88. The fourth-order valence-electron chi connectivity index (χ4n) is 2.80. The monoisotopic (exact) mass is 250 g/mol. The Bertz CT molecular complexity index is 387. The van der Waals surface area contributed by atoms with Crippen molar-refractivity contribution in [3.8, 4) is 11.5 Å². The number of hydrogen-bond acceptors (Lipinski definition) is 4. The van der Waals surface area contributed by atoms with Crippen molar-refractivity contribution in [2.45, 2.75) is 12.5 Å². The van der Waals surface area contributed by atoms with Crippen LogP contribution in [0.15, 0.2) is 18.2 Å². The van der Waals surface area contributed by atoms with Gasteiger partial charge in [0.1, 0.15) is 11.5 Å². The summed E-state index contributed by atoms with van der Waals surface area (Å²) in [7, 11) is 5.50. The van der Waals surface area contributed by atoms with Crippen molar-refractivity contribution in [3.63, 3.8) is 0 Å². The summed E-state index contributed by atoms with van der Waals surface area (Å²) >= 11 is 0. The Kier molecular flexibility index (Phi) is 4.09. The van der Waals surface area contributed by atoms with E-state index < -0.39 is 0 Å². The Morgan fingerprint density at radius 3 is 2.33 bits per heavy atom. The first-order chi connectivity index (χ1) is 8.69. The molecular formula is C14H22N2O2. The molecule has 0 bridgehead atoms. The molecule has 18 heavy (non-hydrogen) atoms. The molecule has 1 aliphatic rings. The van der Waals surface area contributed by atoms with E-state index in [4.69, 9.17) is 15.2 Å². The largest absolute Gasteiger partial charge is 0.497 e. The Morgan fingerprint density at radius 1 is 1.22 bits per heavy atom. The van der Waals surface area contributed by atoms with E-state index in [1.807, 2.05) is 6.07 Å². The van der Waals surface area contributed by atoms with Crippen molar-refractivity contribution < 1.29 is 9.47 Å². The maximum Gasteiger partial charge on any atom is 0.122 e. The standard InChI is InChI=1S/C14H22N2O2/c1-16-5-4-10(9-15)14(16)11-6-12(17-2)8-13(7-11)18-3/h6-8,10,14H,4-5,9,15H2,1-3H3. The number of likely N-dealkylation sites (tertiary alicyclic amines) is 1. The molecule has 0 amide bonds. The molecule has 1 aromatic rings. The van der Waals surface area contributed by atoms with E-state index in [1.165, 1.54) is 5.56 Å². The number of nitrogens with two attached hydrogens (primary N) is 1. The minimum Gasteiger partial charge on any atom is -0.497 e. The van der Waals surface area contributed by atoms with Gasteiger partial charge < -0.3 is 15.2 Å². The molecule has 0 spiro atoms. The van der Waals surface area contributed by atoms with E-state index in [2.05, 4.69) is 24.1 Å². The molecule has 4 nitrogen and oxygen atoms in total. The molecule has 100 valence electrons. The van der Waals surface area contributed by atoms with E-state index in [0.717, 1.165) is 24.5 Å². The lowest BCUT2D eigenvalue weighted by Gasteiger charge is -2.25. The highest BCUT2D eigenvalue weighted by Crippen LogP contribution is 2.38. The first-order valence-electron chi connectivity index (χ1n) is 6.33. The summed E-state index contributed by atoms with van der Waals surface area (Å²) in [6.07, 6.45) is 1.15. The molecule has 0 aromatic heterocycles. The van der Waals surface area contributed by atoms with Gasteiger partial charge in [-0.1, -0.05) is 0 Å². The minimum absolute atomic E-state index is 0.360. The highest BCUT2D eigenvalue weighted by molar-refractivity contribution is 5.40. The highest BCUT2D eigenvalue weighted by atomic mass is 16.5. The van der Waals surface area contributed by atoms with Gasteiger partial charge in [-0.05, 0) is 50.2 Å². The first kappa shape index (κ1) is 13.2. The van der Waals surface area contributed by atoms with Gasteiger partial charge in [0.05, 0.1) is 14.2 Å². The first-order valence-corrected chi connectivity index (χ1v) is 6.33. The van der Waals surface area contributed by atoms with Crippen LogP contribution in [0.3, 0.4) is 0 Å². The van der Waals surface area contributed by atoms with Crippen LogP contribution in [-0.4, -0.2) is 39.3 Å². The van der Waals surface area contributed by atoms with Gasteiger partial charge >= 0.3 is 0 Å². The van der Waals surface area contributed by atoms with Gasteiger partial charge in [0.15, 0.2) is 0 Å². The summed E-state index contributed by atoms with van der Waals surface area (Å²) < 4.78 is 10.7. The highest BCUT2D eigenvalue weighted by Gasteiger charge is 2.32. The molecule has 0 saturated carbocycles. The zero-order valence-electron chi connectivity index (χ0n) is 11.3. The van der Waals surface area contributed by atoms with Gasteiger partial charge in [0.25, 0.3) is 0 Å². The van der Waals surface area contributed by atoms with Crippen LogP contribution < -0.4 is 15.2 Å². The average Bonchev–Trinajstić information content (AvgIpc) is 2.79. The van der Waals surface area contributed by atoms with Crippen molar-refractivity contribution in [2.24, 2.45) is 11.7 Å². The van der Waals surface area contributed by atoms with E-state index in [0.29, 0.717) is 18.5 Å². The third kappa shape index (κ3) is 2.44. The number of hydrogen-bond donors (Lipinski definition) is 1. The predicted octanol–water partition coefficient (Wildman–Crippen LogP) is 1.66. The molecule has 1 aliphatic heterocycles. The number of methoxy groups -OCH3 is 2. The summed E-state index contributed by atoms with van der Waals surface area (Å²) in [5.74, 6) is 2.17. The Balaban J connectivity index is 2.36. The topological polar surface area (TPSA) is 47.7 Å². The Hall–Kier alpha value is -1.26. The van der Waals surface area contributed by atoms with Crippen molar-refractivity contribution in [1.82, 2.24) is 4.90 Å². The second kappa shape index (κ2) is 5.59. The lowest BCUT2D eigenvalue weighted by molar-refractivity contribution is 0.277. The van der Waals surface area contributed by atoms with E-state index >= 15 is 0 Å². The van der Waals surface area contributed by atoms with Crippen molar-refractivity contribution in [3.05, 3.63) is 23.8 Å². The van der Waals surface area contributed by atoms with Crippen LogP contribution in [0.2, 0.25) is 0 Å². The number of benzene rings is 1. The van der Waals surface area contributed by atoms with Gasteiger partial charge in [0.2, 0.25) is 0 Å².